The second-order valence-corrected chi connectivity index (χ2v) is 6.17. The maximum atomic E-state index is 12.6. The van der Waals surface area contributed by atoms with Crippen LogP contribution in [0.4, 0.5) is 0 Å². The molecule has 0 heterocycles. The van der Waals surface area contributed by atoms with Crippen molar-refractivity contribution in [1.82, 2.24) is 0 Å². The Hall–Kier alpha value is -2.64. The molecule has 1 aromatic rings. The summed E-state index contributed by atoms with van der Waals surface area (Å²) in [7, 11) is 1.45. The number of benzene rings is 1. The van der Waals surface area contributed by atoms with Crippen molar-refractivity contribution < 1.29 is 29.0 Å². The van der Waals surface area contributed by atoms with Gasteiger partial charge in [-0.1, -0.05) is 0 Å². The van der Waals surface area contributed by atoms with Crippen LogP contribution >= 0.6 is 0 Å². The standard InChI is InChI=1S/C15H17NO7/c1-14(2,3)22-13(18)15(23-16(19)20)8-9-7-10(21-4)5-6-11(9)12(15)17/h5-7H,8H2,1-4H3/t15-/m1/s1. The van der Waals surface area contributed by atoms with Gasteiger partial charge < -0.3 is 9.47 Å². The molecule has 0 radical (unpaired) electrons. The summed E-state index contributed by atoms with van der Waals surface area (Å²) in [6.07, 6.45) is -0.283. The molecule has 124 valence electrons. The van der Waals surface area contributed by atoms with E-state index in [1.165, 1.54) is 19.2 Å². The van der Waals surface area contributed by atoms with Crippen molar-refractivity contribution in [2.24, 2.45) is 0 Å². The minimum absolute atomic E-state index is 0.179. The van der Waals surface area contributed by atoms with E-state index in [0.717, 1.165) is 0 Å². The molecule has 0 saturated heterocycles. The largest absolute Gasteiger partial charge is 0.497 e. The summed E-state index contributed by atoms with van der Waals surface area (Å²) < 4.78 is 10.2. The number of nitrogens with zero attached hydrogens (tertiary/aromatic N) is 1. The second kappa shape index (κ2) is 5.53. The Morgan fingerprint density at radius 2 is 2.00 bits per heavy atom. The van der Waals surface area contributed by atoms with Crippen LogP contribution in [0, 0.1) is 10.1 Å². The predicted octanol–water partition coefficient (Wildman–Crippen LogP) is 1.72. The molecule has 1 aliphatic rings. The van der Waals surface area contributed by atoms with Crippen LogP contribution in [0.25, 0.3) is 0 Å². The summed E-state index contributed by atoms with van der Waals surface area (Å²) in [6, 6.07) is 4.53. The van der Waals surface area contributed by atoms with Gasteiger partial charge in [-0.25, -0.2) is 4.79 Å². The molecule has 1 aliphatic carbocycles. The highest BCUT2D eigenvalue weighted by Gasteiger charge is 2.57. The van der Waals surface area contributed by atoms with Crippen LogP contribution in [0.2, 0.25) is 0 Å². The molecule has 8 nitrogen and oxygen atoms in total. The number of Topliss-reactive ketones (excluding diaryl/α,β-unsaturated/α-hetero) is 1. The van der Waals surface area contributed by atoms with Gasteiger partial charge in [0, 0.05) is 12.0 Å². The lowest BCUT2D eigenvalue weighted by Gasteiger charge is -2.28. The Kier molecular flexibility index (Phi) is 4.02. The number of hydrogen-bond donors (Lipinski definition) is 0. The SMILES string of the molecule is COc1ccc2c(c1)C[C@](O[N+](=O)[O-])(C(=O)OC(C)(C)C)C2=O. The van der Waals surface area contributed by atoms with Crippen molar-refractivity contribution in [3.05, 3.63) is 39.4 Å². The summed E-state index contributed by atoms with van der Waals surface area (Å²) >= 11 is 0. The first kappa shape index (κ1) is 16.7. The number of hydrogen-bond acceptors (Lipinski definition) is 7. The van der Waals surface area contributed by atoms with Crippen molar-refractivity contribution >= 4 is 11.8 Å². The van der Waals surface area contributed by atoms with E-state index >= 15 is 0 Å². The Morgan fingerprint density at radius 3 is 2.52 bits per heavy atom. The molecule has 0 aliphatic heterocycles. The molecule has 0 spiro atoms. The van der Waals surface area contributed by atoms with Crippen molar-refractivity contribution in [2.75, 3.05) is 7.11 Å². The first-order valence-corrected chi connectivity index (χ1v) is 6.88. The third-order valence-corrected chi connectivity index (χ3v) is 3.32. The van der Waals surface area contributed by atoms with Crippen molar-refractivity contribution in [3.8, 4) is 5.75 Å². The Labute approximate surface area is 132 Å². The zero-order chi connectivity index (χ0) is 17.4. The molecule has 23 heavy (non-hydrogen) atoms. The minimum atomic E-state index is -2.31. The average Bonchev–Trinajstić information content (AvgIpc) is 2.69. The van der Waals surface area contributed by atoms with Gasteiger partial charge in [0.25, 0.3) is 10.7 Å². The van der Waals surface area contributed by atoms with Gasteiger partial charge in [-0.05, 0) is 44.5 Å². The molecule has 0 bridgehead atoms. The lowest BCUT2D eigenvalue weighted by Crippen LogP contribution is -2.51. The molecule has 1 atom stereocenters. The maximum Gasteiger partial charge on any atom is 0.347 e. The molecule has 2 rings (SSSR count). The van der Waals surface area contributed by atoms with Crippen LogP contribution in [-0.4, -0.2) is 35.2 Å². The zero-order valence-corrected chi connectivity index (χ0v) is 13.2. The zero-order valence-electron chi connectivity index (χ0n) is 13.2. The van der Waals surface area contributed by atoms with Gasteiger partial charge in [-0.2, -0.15) is 0 Å². The van der Waals surface area contributed by atoms with Crippen LogP contribution in [0.15, 0.2) is 18.2 Å². The number of carbonyl (C=O) groups excluding carboxylic acids is 2. The smallest absolute Gasteiger partial charge is 0.347 e. The predicted molar refractivity (Wildman–Crippen MR) is 77.7 cm³/mol. The quantitative estimate of drug-likeness (QED) is 0.359. The number of ketones is 1. The molecule has 0 saturated carbocycles. The second-order valence-electron chi connectivity index (χ2n) is 6.17. The van der Waals surface area contributed by atoms with Crippen molar-refractivity contribution in [3.63, 3.8) is 0 Å². The normalized spacial score (nSPS) is 19.9. The number of methoxy groups -OCH3 is 1. The molecule has 1 aromatic carbocycles. The van der Waals surface area contributed by atoms with Crippen LogP contribution in [-0.2, 0) is 20.8 Å². The van der Waals surface area contributed by atoms with Crippen LogP contribution in [0.1, 0.15) is 36.7 Å². The molecular weight excluding hydrogens is 306 g/mol. The molecule has 0 amide bonds. The van der Waals surface area contributed by atoms with Crippen LogP contribution in [0.5, 0.6) is 5.75 Å². The molecule has 0 aromatic heterocycles. The number of ether oxygens (including phenoxy) is 2. The summed E-state index contributed by atoms with van der Waals surface area (Å²) in [5.74, 6) is -1.40. The van der Waals surface area contributed by atoms with Gasteiger partial charge in [0.2, 0.25) is 5.78 Å². The van der Waals surface area contributed by atoms with E-state index in [4.69, 9.17) is 9.47 Å². The number of rotatable bonds is 4. The number of carbonyl (C=O) groups is 2. The summed E-state index contributed by atoms with van der Waals surface area (Å²) in [4.78, 5) is 40.4. The van der Waals surface area contributed by atoms with Gasteiger partial charge in [-0.15, -0.1) is 10.1 Å². The summed E-state index contributed by atoms with van der Waals surface area (Å²) in [5, 5.41) is 9.70. The highest BCUT2D eigenvalue weighted by atomic mass is 17.0. The molecule has 0 N–H and O–H groups in total. The van der Waals surface area contributed by atoms with Gasteiger partial charge >= 0.3 is 5.97 Å². The van der Waals surface area contributed by atoms with Crippen LogP contribution in [0.3, 0.4) is 0 Å². The van der Waals surface area contributed by atoms with Crippen molar-refractivity contribution in [2.45, 2.75) is 38.4 Å². The third-order valence-electron chi connectivity index (χ3n) is 3.32. The first-order valence-electron chi connectivity index (χ1n) is 6.88. The fraction of sp³-hybridized carbons (Fsp3) is 0.467. The van der Waals surface area contributed by atoms with Gasteiger partial charge in [0.05, 0.1) is 7.11 Å². The summed E-state index contributed by atoms with van der Waals surface area (Å²) in [5.41, 5.74) is -2.62. The van der Waals surface area contributed by atoms with E-state index in [1.54, 1.807) is 26.8 Å². The average molecular weight is 323 g/mol. The van der Waals surface area contributed by atoms with E-state index in [1.807, 2.05) is 0 Å². The molecule has 0 unspecified atom stereocenters. The van der Waals surface area contributed by atoms with E-state index in [9.17, 15) is 19.7 Å². The first-order chi connectivity index (χ1) is 10.6. The van der Waals surface area contributed by atoms with E-state index in [-0.39, 0.29) is 12.0 Å². The third kappa shape index (κ3) is 3.10. The summed E-state index contributed by atoms with van der Waals surface area (Å²) in [6.45, 7) is 4.79. The van der Waals surface area contributed by atoms with Gasteiger partial charge in [-0.3, -0.25) is 9.63 Å². The van der Waals surface area contributed by atoms with E-state index < -0.39 is 28.0 Å². The Morgan fingerprint density at radius 1 is 1.35 bits per heavy atom. The topological polar surface area (TPSA) is 105 Å². The number of esters is 1. The lowest BCUT2D eigenvalue weighted by molar-refractivity contribution is -0.771. The highest BCUT2D eigenvalue weighted by Crippen LogP contribution is 2.37. The molecule has 0 fully saturated rings. The number of fused-ring (bicyclic) bond motifs is 1. The minimum Gasteiger partial charge on any atom is -0.497 e. The Balaban J connectivity index is 2.47. The molecule has 8 heteroatoms. The highest BCUT2D eigenvalue weighted by molar-refractivity contribution is 6.19. The van der Waals surface area contributed by atoms with E-state index in [2.05, 4.69) is 4.84 Å². The fourth-order valence-electron chi connectivity index (χ4n) is 2.39. The fourth-order valence-corrected chi connectivity index (χ4v) is 2.39. The Bertz CT molecular complexity index is 677. The van der Waals surface area contributed by atoms with E-state index in [0.29, 0.717) is 11.3 Å². The maximum absolute atomic E-state index is 12.6. The lowest BCUT2D eigenvalue weighted by atomic mass is 9.98. The van der Waals surface area contributed by atoms with Gasteiger partial charge in [0.1, 0.15) is 11.4 Å². The monoisotopic (exact) mass is 323 g/mol. The molecular formula is C15H17NO7. The van der Waals surface area contributed by atoms with Crippen LogP contribution < -0.4 is 4.74 Å². The van der Waals surface area contributed by atoms with Crippen molar-refractivity contribution in [1.29, 1.82) is 0 Å². The van der Waals surface area contributed by atoms with Gasteiger partial charge in [0.15, 0.2) is 0 Å².